The van der Waals surface area contributed by atoms with Gasteiger partial charge in [-0.2, -0.15) is 0 Å². The van der Waals surface area contributed by atoms with E-state index in [4.69, 9.17) is 0 Å². The first-order valence-corrected chi connectivity index (χ1v) is 6.14. The van der Waals surface area contributed by atoms with Crippen LogP contribution in [0, 0.1) is 0 Å². The van der Waals surface area contributed by atoms with Crippen LogP contribution in [0.3, 0.4) is 0 Å². The molecule has 1 saturated heterocycles. The normalized spacial score (nSPS) is 22.6. The first-order valence-electron chi connectivity index (χ1n) is 6.14. The van der Waals surface area contributed by atoms with Crippen LogP contribution in [0.15, 0.2) is 30.3 Å². The van der Waals surface area contributed by atoms with Crippen molar-refractivity contribution in [1.29, 1.82) is 0 Å². The Balaban J connectivity index is 1.97. The average Bonchev–Trinajstić information content (AvgIpc) is 2.32. The summed E-state index contributed by atoms with van der Waals surface area (Å²) < 4.78 is 0. The zero-order chi connectivity index (χ0) is 12.3. The van der Waals surface area contributed by atoms with Gasteiger partial charge in [0.2, 0.25) is 0 Å². The lowest BCUT2D eigenvalue weighted by Crippen LogP contribution is -2.53. The molecule has 3 nitrogen and oxygen atoms in total. The molecule has 0 radical (unpaired) electrons. The summed E-state index contributed by atoms with van der Waals surface area (Å²) in [6.07, 6.45) is 0. The minimum Gasteiger partial charge on any atom is -0.298 e. The second-order valence-corrected chi connectivity index (χ2v) is 4.83. The van der Waals surface area contributed by atoms with Gasteiger partial charge in [-0.15, -0.1) is 0 Å². The van der Waals surface area contributed by atoms with Gasteiger partial charge in [0.15, 0.2) is 0 Å². The van der Waals surface area contributed by atoms with Gasteiger partial charge in [0.1, 0.15) is 5.78 Å². The van der Waals surface area contributed by atoms with E-state index in [1.807, 2.05) is 13.1 Å². The molecule has 0 amide bonds. The van der Waals surface area contributed by atoms with E-state index < -0.39 is 0 Å². The van der Waals surface area contributed by atoms with Gasteiger partial charge in [0.05, 0.1) is 6.04 Å². The van der Waals surface area contributed by atoms with Crippen molar-refractivity contribution in [2.24, 2.45) is 0 Å². The van der Waals surface area contributed by atoms with Crippen molar-refractivity contribution in [3.8, 4) is 0 Å². The molecule has 1 aromatic rings. The number of hydrogen-bond donors (Lipinski definition) is 0. The SMILES string of the molecule is CC(=O)C1CN(Cc2ccccc2)CCN1C. The van der Waals surface area contributed by atoms with E-state index in [2.05, 4.69) is 34.1 Å². The highest BCUT2D eigenvalue weighted by molar-refractivity contribution is 5.81. The molecule has 1 unspecified atom stereocenters. The van der Waals surface area contributed by atoms with Crippen LogP contribution in [0.2, 0.25) is 0 Å². The van der Waals surface area contributed by atoms with Crippen molar-refractivity contribution >= 4 is 5.78 Å². The molecule has 1 atom stereocenters. The zero-order valence-electron chi connectivity index (χ0n) is 10.6. The largest absolute Gasteiger partial charge is 0.298 e. The van der Waals surface area contributed by atoms with E-state index in [0.29, 0.717) is 0 Å². The molecule has 1 aromatic carbocycles. The van der Waals surface area contributed by atoms with Gasteiger partial charge in [0.25, 0.3) is 0 Å². The number of Topliss-reactive ketones (excluding diaryl/α,β-unsaturated/α-hetero) is 1. The lowest BCUT2D eigenvalue weighted by molar-refractivity contribution is -0.123. The molecule has 0 saturated carbocycles. The maximum atomic E-state index is 11.5. The van der Waals surface area contributed by atoms with Crippen molar-refractivity contribution < 1.29 is 4.79 Å². The van der Waals surface area contributed by atoms with Crippen LogP contribution in [0.1, 0.15) is 12.5 Å². The first-order chi connectivity index (χ1) is 8.16. The van der Waals surface area contributed by atoms with Crippen LogP contribution in [-0.2, 0) is 11.3 Å². The van der Waals surface area contributed by atoms with E-state index in [1.165, 1.54) is 5.56 Å². The Hall–Kier alpha value is -1.19. The van der Waals surface area contributed by atoms with Crippen LogP contribution in [0.25, 0.3) is 0 Å². The maximum Gasteiger partial charge on any atom is 0.148 e. The van der Waals surface area contributed by atoms with Gasteiger partial charge in [0, 0.05) is 26.2 Å². The molecule has 0 N–H and O–H groups in total. The van der Waals surface area contributed by atoms with Gasteiger partial charge in [-0.05, 0) is 19.5 Å². The number of nitrogens with zero attached hydrogens (tertiary/aromatic N) is 2. The fourth-order valence-corrected chi connectivity index (χ4v) is 2.35. The topological polar surface area (TPSA) is 23.6 Å². The minimum atomic E-state index is 0.0625. The highest BCUT2D eigenvalue weighted by Gasteiger charge is 2.27. The summed E-state index contributed by atoms with van der Waals surface area (Å²) in [5.41, 5.74) is 1.32. The minimum absolute atomic E-state index is 0.0625. The third kappa shape index (κ3) is 3.14. The Labute approximate surface area is 103 Å². The monoisotopic (exact) mass is 232 g/mol. The Kier molecular flexibility index (Phi) is 3.92. The van der Waals surface area contributed by atoms with Gasteiger partial charge in [-0.3, -0.25) is 14.6 Å². The van der Waals surface area contributed by atoms with E-state index in [1.54, 1.807) is 6.92 Å². The Morgan fingerprint density at radius 1 is 1.29 bits per heavy atom. The molecule has 92 valence electrons. The number of ketones is 1. The summed E-state index contributed by atoms with van der Waals surface area (Å²) in [6, 6.07) is 10.5. The maximum absolute atomic E-state index is 11.5. The van der Waals surface area contributed by atoms with Crippen molar-refractivity contribution in [2.45, 2.75) is 19.5 Å². The van der Waals surface area contributed by atoms with Crippen LogP contribution in [-0.4, -0.2) is 48.3 Å². The predicted molar refractivity (Wildman–Crippen MR) is 68.8 cm³/mol. The predicted octanol–water partition coefficient (Wildman–Crippen LogP) is 1.39. The van der Waals surface area contributed by atoms with Gasteiger partial charge >= 0.3 is 0 Å². The molecule has 0 bridgehead atoms. The fraction of sp³-hybridized carbons (Fsp3) is 0.500. The first kappa shape index (κ1) is 12.3. The molecule has 1 fully saturated rings. The smallest absolute Gasteiger partial charge is 0.148 e. The van der Waals surface area contributed by atoms with Crippen molar-refractivity contribution in [3.05, 3.63) is 35.9 Å². The molecule has 1 aliphatic heterocycles. The summed E-state index contributed by atoms with van der Waals surface area (Å²) in [7, 11) is 2.03. The van der Waals surface area contributed by atoms with Crippen LogP contribution in [0.5, 0.6) is 0 Å². The Morgan fingerprint density at radius 2 is 2.00 bits per heavy atom. The lowest BCUT2D eigenvalue weighted by atomic mass is 10.1. The molecule has 1 aliphatic rings. The van der Waals surface area contributed by atoms with Crippen LogP contribution < -0.4 is 0 Å². The van der Waals surface area contributed by atoms with E-state index >= 15 is 0 Å². The van der Waals surface area contributed by atoms with Crippen molar-refractivity contribution in [2.75, 3.05) is 26.7 Å². The van der Waals surface area contributed by atoms with Crippen LogP contribution >= 0.6 is 0 Å². The molecule has 0 spiro atoms. The van der Waals surface area contributed by atoms with Gasteiger partial charge in [-0.1, -0.05) is 30.3 Å². The molecule has 0 aliphatic carbocycles. The van der Waals surface area contributed by atoms with E-state index in [-0.39, 0.29) is 11.8 Å². The summed E-state index contributed by atoms with van der Waals surface area (Å²) >= 11 is 0. The van der Waals surface area contributed by atoms with E-state index in [0.717, 1.165) is 26.2 Å². The number of hydrogen-bond acceptors (Lipinski definition) is 3. The zero-order valence-corrected chi connectivity index (χ0v) is 10.6. The summed E-state index contributed by atoms with van der Waals surface area (Å²) in [4.78, 5) is 16.1. The number of carbonyl (C=O) groups excluding carboxylic acids is 1. The number of likely N-dealkylation sites (N-methyl/N-ethyl adjacent to an activating group) is 1. The summed E-state index contributed by atoms with van der Waals surface area (Å²) in [5.74, 6) is 0.269. The van der Waals surface area contributed by atoms with Crippen molar-refractivity contribution in [3.63, 3.8) is 0 Å². The fourth-order valence-electron chi connectivity index (χ4n) is 2.35. The van der Waals surface area contributed by atoms with Gasteiger partial charge < -0.3 is 0 Å². The molecular formula is C14H20N2O. The summed E-state index contributed by atoms with van der Waals surface area (Å²) in [6.45, 7) is 5.48. The van der Waals surface area contributed by atoms with Gasteiger partial charge in [-0.25, -0.2) is 0 Å². The molecule has 1 heterocycles. The quantitative estimate of drug-likeness (QED) is 0.787. The highest BCUT2D eigenvalue weighted by Crippen LogP contribution is 2.12. The molecule has 0 aromatic heterocycles. The highest BCUT2D eigenvalue weighted by atomic mass is 16.1. The average molecular weight is 232 g/mol. The lowest BCUT2D eigenvalue weighted by Gasteiger charge is -2.38. The number of rotatable bonds is 3. The Bertz CT molecular complexity index is 377. The second-order valence-electron chi connectivity index (χ2n) is 4.83. The number of piperazine rings is 1. The molecular weight excluding hydrogens is 212 g/mol. The molecule has 2 rings (SSSR count). The Morgan fingerprint density at radius 3 is 2.65 bits per heavy atom. The third-order valence-electron chi connectivity index (χ3n) is 3.45. The van der Waals surface area contributed by atoms with Crippen molar-refractivity contribution in [1.82, 2.24) is 9.80 Å². The number of carbonyl (C=O) groups is 1. The number of benzene rings is 1. The van der Waals surface area contributed by atoms with E-state index in [9.17, 15) is 4.79 Å². The van der Waals surface area contributed by atoms with Crippen LogP contribution in [0.4, 0.5) is 0 Å². The summed E-state index contributed by atoms with van der Waals surface area (Å²) in [5, 5.41) is 0. The molecule has 3 heteroatoms. The standard InChI is InChI=1S/C14H20N2O/c1-12(17)14-11-16(9-8-15(14)2)10-13-6-4-3-5-7-13/h3-7,14H,8-11H2,1-2H3. The third-order valence-corrected chi connectivity index (χ3v) is 3.45. The molecule has 17 heavy (non-hydrogen) atoms. The second kappa shape index (κ2) is 5.43.